The van der Waals surface area contributed by atoms with Gasteiger partial charge >= 0.3 is 11.9 Å². The Bertz CT molecular complexity index is 1160. The second-order valence-electron chi connectivity index (χ2n) is 7.70. The summed E-state index contributed by atoms with van der Waals surface area (Å²) in [5, 5.41) is 14.1. The van der Waals surface area contributed by atoms with Gasteiger partial charge < -0.3 is 14.8 Å². The molecule has 0 fully saturated rings. The van der Waals surface area contributed by atoms with Crippen molar-refractivity contribution in [2.24, 2.45) is 5.92 Å². The lowest BCUT2D eigenvalue weighted by Gasteiger charge is -2.18. The number of ether oxygens (including phenoxy) is 2. The van der Waals surface area contributed by atoms with E-state index in [0.717, 1.165) is 29.7 Å². The van der Waals surface area contributed by atoms with Crippen molar-refractivity contribution in [1.82, 2.24) is 20.2 Å². The average molecular weight is 470 g/mol. The fourth-order valence-corrected chi connectivity index (χ4v) is 5.08. The van der Waals surface area contributed by atoms with Crippen molar-refractivity contribution in [3.8, 4) is 5.69 Å². The Kier molecular flexibility index (Phi) is 6.78. The molecule has 33 heavy (non-hydrogen) atoms. The van der Waals surface area contributed by atoms with E-state index >= 15 is 0 Å². The number of aromatic nitrogens is 4. The molecular weight excluding hydrogens is 446 g/mol. The number of esters is 2. The molecule has 0 radical (unpaired) electrons. The highest BCUT2D eigenvalue weighted by Gasteiger charge is 2.29. The molecule has 0 aliphatic heterocycles. The Labute approximate surface area is 193 Å². The van der Waals surface area contributed by atoms with Crippen LogP contribution in [0.5, 0.6) is 0 Å². The molecule has 1 aliphatic carbocycles. The zero-order chi connectivity index (χ0) is 23.4. The van der Waals surface area contributed by atoms with Crippen molar-refractivity contribution >= 4 is 34.2 Å². The van der Waals surface area contributed by atoms with Crippen LogP contribution in [0.15, 0.2) is 30.6 Å². The Morgan fingerprint density at radius 2 is 1.97 bits per heavy atom. The third-order valence-electron chi connectivity index (χ3n) is 5.30. The normalized spacial score (nSPS) is 14.9. The largest absolute Gasteiger partial charge is 0.462 e. The van der Waals surface area contributed by atoms with Gasteiger partial charge in [0.2, 0.25) is 0 Å². The molecule has 0 spiro atoms. The van der Waals surface area contributed by atoms with Gasteiger partial charge in [0, 0.05) is 4.88 Å². The van der Waals surface area contributed by atoms with E-state index in [0.29, 0.717) is 22.2 Å². The number of benzene rings is 1. The lowest BCUT2D eigenvalue weighted by molar-refractivity contribution is -0.119. The van der Waals surface area contributed by atoms with Gasteiger partial charge in [-0.1, -0.05) is 6.92 Å². The lowest BCUT2D eigenvalue weighted by Crippen LogP contribution is -2.22. The Hall–Kier alpha value is -3.60. The topological polar surface area (TPSA) is 125 Å². The van der Waals surface area contributed by atoms with Crippen molar-refractivity contribution < 1.29 is 23.9 Å². The zero-order valence-corrected chi connectivity index (χ0v) is 19.1. The van der Waals surface area contributed by atoms with E-state index in [-0.39, 0.29) is 12.2 Å². The van der Waals surface area contributed by atoms with Crippen molar-refractivity contribution in [1.29, 1.82) is 0 Å². The first-order valence-corrected chi connectivity index (χ1v) is 11.4. The summed E-state index contributed by atoms with van der Waals surface area (Å²) in [7, 11) is 0. The van der Waals surface area contributed by atoms with Gasteiger partial charge in [-0.15, -0.1) is 16.4 Å². The molecule has 0 bridgehead atoms. The molecule has 10 nitrogen and oxygen atoms in total. The van der Waals surface area contributed by atoms with Crippen LogP contribution in [0.3, 0.4) is 0 Å². The van der Waals surface area contributed by atoms with E-state index in [1.165, 1.54) is 22.3 Å². The number of fused-ring (bicyclic) bond motifs is 1. The van der Waals surface area contributed by atoms with Crippen LogP contribution in [0.1, 0.15) is 51.4 Å². The van der Waals surface area contributed by atoms with E-state index in [4.69, 9.17) is 9.47 Å². The van der Waals surface area contributed by atoms with Crippen LogP contribution in [-0.2, 0) is 27.1 Å². The maximum Gasteiger partial charge on any atom is 0.341 e. The van der Waals surface area contributed by atoms with Crippen LogP contribution in [0.25, 0.3) is 5.69 Å². The number of hydrogen-bond acceptors (Lipinski definition) is 9. The molecule has 1 aromatic carbocycles. The summed E-state index contributed by atoms with van der Waals surface area (Å²) >= 11 is 1.39. The summed E-state index contributed by atoms with van der Waals surface area (Å²) in [6.45, 7) is 3.68. The SMILES string of the molecule is CCOC(=O)c1c(NC(=O)COC(=O)c2ccc(-n3cnnn3)cc2)sc2c1CC[C@@H](C)C2. The number of nitrogens with one attached hydrogen (secondary N) is 1. The zero-order valence-electron chi connectivity index (χ0n) is 18.2. The molecule has 1 N–H and O–H groups in total. The van der Waals surface area contributed by atoms with Gasteiger partial charge in [0.25, 0.3) is 5.91 Å². The van der Waals surface area contributed by atoms with Crippen LogP contribution in [-0.4, -0.2) is 51.3 Å². The van der Waals surface area contributed by atoms with Gasteiger partial charge in [-0.2, -0.15) is 0 Å². The van der Waals surface area contributed by atoms with Gasteiger partial charge in [0.1, 0.15) is 11.3 Å². The first kappa shape index (κ1) is 22.6. The minimum Gasteiger partial charge on any atom is -0.462 e. The molecule has 3 aromatic rings. The average Bonchev–Trinajstić information content (AvgIpc) is 3.45. The molecule has 11 heteroatoms. The number of rotatable bonds is 7. The van der Waals surface area contributed by atoms with Crippen molar-refractivity contribution in [3.63, 3.8) is 0 Å². The van der Waals surface area contributed by atoms with Crippen molar-refractivity contribution in [2.75, 3.05) is 18.5 Å². The first-order valence-electron chi connectivity index (χ1n) is 10.6. The van der Waals surface area contributed by atoms with Crippen molar-refractivity contribution in [3.05, 3.63) is 52.2 Å². The van der Waals surface area contributed by atoms with E-state index in [1.54, 1.807) is 31.2 Å². The fraction of sp³-hybridized carbons (Fsp3) is 0.364. The number of amides is 1. The molecule has 2 heterocycles. The van der Waals surface area contributed by atoms with Crippen LogP contribution >= 0.6 is 11.3 Å². The highest BCUT2D eigenvalue weighted by molar-refractivity contribution is 7.17. The molecule has 2 aromatic heterocycles. The number of carbonyl (C=O) groups excluding carboxylic acids is 3. The minimum atomic E-state index is -0.640. The van der Waals surface area contributed by atoms with E-state index < -0.39 is 24.5 Å². The monoisotopic (exact) mass is 469 g/mol. The number of anilines is 1. The van der Waals surface area contributed by atoms with Crippen LogP contribution in [0.2, 0.25) is 0 Å². The quantitative estimate of drug-likeness (QED) is 0.524. The number of nitrogens with zero attached hydrogens (tertiary/aromatic N) is 4. The Balaban J connectivity index is 1.40. The van der Waals surface area contributed by atoms with Gasteiger partial charge in [-0.3, -0.25) is 4.79 Å². The number of thiophene rings is 1. The fourth-order valence-electron chi connectivity index (χ4n) is 3.67. The van der Waals surface area contributed by atoms with Gasteiger partial charge in [0.15, 0.2) is 6.61 Å². The molecular formula is C22H23N5O5S. The number of carbonyl (C=O) groups is 3. The standard InChI is InChI=1S/C22H23N5O5S/c1-3-31-22(30)19-16-9-4-13(2)10-17(16)33-20(19)24-18(28)11-32-21(29)14-5-7-15(8-6-14)27-12-23-25-26-27/h5-8,12-13H,3-4,9-11H2,1-2H3,(H,24,28)/t13-/m1/s1. The minimum absolute atomic E-state index is 0.247. The summed E-state index contributed by atoms with van der Waals surface area (Å²) in [5.41, 5.74) is 2.33. The predicted molar refractivity (Wildman–Crippen MR) is 120 cm³/mol. The highest BCUT2D eigenvalue weighted by atomic mass is 32.1. The summed E-state index contributed by atoms with van der Waals surface area (Å²) in [4.78, 5) is 38.5. The van der Waals surface area contributed by atoms with Crippen LogP contribution in [0.4, 0.5) is 5.00 Å². The molecule has 172 valence electrons. The Morgan fingerprint density at radius 3 is 2.67 bits per heavy atom. The van der Waals surface area contributed by atoms with E-state index in [9.17, 15) is 14.4 Å². The molecule has 0 saturated heterocycles. The van der Waals surface area contributed by atoms with Crippen molar-refractivity contribution in [2.45, 2.75) is 33.1 Å². The van der Waals surface area contributed by atoms with E-state index in [1.807, 2.05) is 0 Å². The molecule has 0 unspecified atom stereocenters. The smallest absolute Gasteiger partial charge is 0.341 e. The van der Waals surface area contributed by atoms with Gasteiger partial charge in [-0.05, 0) is 72.4 Å². The maximum absolute atomic E-state index is 12.6. The molecule has 1 aliphatic rings. The molecule has 0 saturated carbocycles. The first-order chi connectivity index (χ1) is 16.0. The second kappa shape index (κ2) is 9.90. The third-order valence-corrected chi connectivity index (χ3v) is 6.46. The summed E-state index contributed by atoms with van der Waals surface area (Å²) in [6.07, 6.45) is 4.04. The third kappa shape index (κ3) is 5.08. The summed E-state index contributed by atoms with van der Waals surface area (Å²) < 4.78 is 11.8. The van der Waals surface area contributed by atoms with Gasteiger partial charge in [0.05, 0.1) is 23.4 Å². The van der Waals surface area contributed by atoms with Crippen LogP contribution < -0.4 is 5.32 Å². The second-order valence-corrected chi connectivity index (χ2v) is 8.81. The summed E-state index contributed by atoms with van der Waals surface area (Å²) in [6, 6.07) is 6.45. The summed E-state index contributed by atoms with van der Waals surface area (Å²) in [5.74, 6) is -1.09. The van der Waals surface area contributed by atoms with Crippen LogP contribution in [0, 0.1) is 5.92 Å². The highest BCUT2D eigenvalue weighted by Crippen LogP contribution is 2.40. The number of hydrogen-bond donors (Lipinski definition) is 1. The van der Waals surface area contributed by atoms with E-state index in [2.05, 4.69) is 27.8 Å². The maximum atomic E-state index is 12.6. The number of tetrazole rings is 1. The molecule has 1 amide bonds. The molecule has 1 atom stereocenters. The lowest BCUT2D eigenvalue weighted by atomic mass is 9.88. The van der Waals surface area contributed by atoms with Gasteiger partial charge in [-0.25, -0.2) is 14.3 Å². The predicted octanol–water partition coefficient (Wildman–Crippen LogP) is 2.82. The molecule has 4 rings (SSSR count). The Morgan fingerprint density at radius 1 is 1.18 bits per heavy atom.